The molecule has 0 saturated carbocycles. The average molecular weight is 480 g/mol. The van der Waals surface area contributed by atoms with Crippen molar-refractivity contribution >= 4 is 49.0 Å². The van der Waals surface area contributed by atoms with Gasteiger partial charge in [0.15, 0.2) is 0 Å². The van der Waals surface area contributed by atoms with Crippen LogP contribution >= 0.6 is 0 Å². The molecule has 33 heavy (non-hydrogen) atoms. The van der Waals surface area contributed by atoms with Gasteiger partial charge in [-0.15, -0.1) is 5.11 Å². The van der Waals surface area contributed by atoms with Crippen molar-refractivity contribution in [3.63, 3.8) is 0 Å². The molecule has 0 aliphatic heterocycles. The molecule has 4 aromatic carbocycles. The second kappa shape index (κ2) is 11.1. The summed E-state index contributed by atoms with van der Waals surface area (Å²) in [4.78, 5) is 11.2. The van der Waals surface area contributed by atoms with E-state index in [-0.39, 0.29) is 75.4 Å². The van der Waals surface area contributed by atoms with Crippen molar-refractivity contribution in [3.05, 3.63) is 72.3 Å². The maximum absolute atomic E-state index is 12.7. The third-order valence-electron chi connectivity index (χ3n) is 4.78. The molecule has 8 nitrogen and oxygen atoms in total. The van der Waals surface area contributed by atoms with E-state index in [9.17, 15) is 23.4 Å². The van der Waals surface area contributed by atoms with Gasteiger partial charge in [0.1, 0.15) is 10.6 Å². The van der Waals surface area contributed by atoms with Crippen molar-refractivity contribution in [2.75, 3.05) is 7.11 Å². The van der Waals surface area contributed by atoms with Gasteiger partial charge in [0.25, 0.3) is 10.1 Å². The average Bonchev–Trinajstić information content (AvgIpc) is 2.77. The summed E-state index contributed by atoms with van der Waals surface area (Å²) >= 11 is 0. The monoisotopic (exact) mass is 480 g/mol. The minimum Gasteiger partial charge on any atom is -0.871 e. The molecule has 4 aromatic rings. The van der Waals surface area contributed by atoms with Crippen LogP contribution in [0.25, 0.3) is 21.5 Å². The summed E-state index contributed by atoms with van der Waals surface area (Å²) in [5, 5.41) is 33.9. The Labute approximate surface area is 234 Å². The van der Waals surface area contributed by atoms with Crippen molar-refractivity contribution in [2.24, 2.45) is 10.2 Å². The largest absolute Gasteiger partial charge is 1.00 e. The first-order valence-corrected chi connectivity index (χ1v) is 10.4. The summed E-state index contributed by atoms with van der Waals surface area (Å²) in [5.41, 5.74) is -0.843. The Balaban J connectivity index is 0.00000193. The van der Waals surface area contributed by atoms with Crippen molar-refractivity contribution in [2.45, 2.75) is 4.90 Å². The number of carbonyl (C=O) groups excluding carboxylic acids is 1. The maximum atomic E-state index is 12.7. The van der Waals surface area contributed by atoms with Gasteiger partial charge in [-0.2, -0.15) is 13.5 Å². The number of nitrogens with zero attached hydrogens (tertiary/aromatic N) is 2. The summed E-state index contributed by atoms with van der Waals surface area (Å²) in [6.45, 7) is 0. The van der Waals surface area contributed by atoms with E-state index in [0.29, 0.717) is 21.5 Å². The minimum absolute atomic E-state index is 0. The van der Waals surface area contributed by atoms with Crippen LogP contribution in [-0.2, 0) is 14.3 Å². The SMILES string of the molecule is COS(=O)(=O)c1c(N=Nc2c([O-])c(C(=O)[O-])cc3ccccc23)ccc2ccccc12.[Na+].[Na+]. The summed E-state index contributed by atoms with van der Waals surface area (Å²) in [6, 6.07) is 17.6. The number of azo groups is 1. The molecule has 156 valence electrons. The van der Waals surface area contributed by atoms with E-state index in [1.54, 1.807) is 54.6 Å². The predicted octanol–water partition coefficient (Wildman–Crippen LogP) is -2.81. The van der Waals surface area contributed by atoms with Crippen LogP contribution in [0.4, 0.5) is 11.4 Å². The van der Waals surface area contributed by atoms with Gasteiger partial charge in [-0.3, -0.25) is 4.18 Å². The molecule has 11 heteroatoms. The first-order chi connectivity index (χ1) is 14.8. The molecular weight excluding hydrogens is 466 g/mol. The fourth-order valence-corrected chi connectivity index (χ4v) is 4.31. The fourth-order valence-electron chi connectivity index (χ4n) is 3.32. The number of carboxylic acids is 1. The molecule has 0 unspecified atom stereocenters. The van der Waals surface area contributed by atoms with E-state index in [0.717, 1.165) is 7.11 Å². The molecule has 0 aliphatic rings. The Hall–Kier alpha value is -1.82. The molecule has 0 radical (unpaired) electrons. The minimum atomic E-state index is -4.17. The Kier molecular flexibility index (Phi) is 9.20. The third kappa shape index (κ3) is 5.31. The van der Waals surface area contributed by atoms with E-state index in [2.05, 4.69) is 10.2 Å². The molecule has 0 amide bonds. The molecule has 0 saturated heterocycles. The molecule has 0 heterocycles. The van der Waals surface area contributed by atoms with Crippen molar-refractivity contribution in [1.82, 2.24) is 0 Å². The van der Waals surface area contributed by atoms with Gasteiger partial charge in [0, 0.05) is 10.8 Å². The van der Waals surface area contributed by atoms with E-state index in [4.69, 9.17) is 4.18 Å². The summed E-state index contributed by atoms with van der Waals surface area (Å²) < 4.78 is 29.9. The van der Waals surface area contributed by atoms with Crippen LogP contribution in [-0.4, -0.2) is 21.5 Å². The number of aromatic carboxylic acids is 1. The van der Waals surface area contributed by atoms with Gasteiger partial charge in [-0.1, -0.05) is 60.3 Å². The summed E-state index contributed by atoms with van der Waals surface area (Å²) in [5.74, 6) is -2.51. The van der Waals surface area contributed by atoms with Crippen LogP contribution in [0.3, 0.4) is 0 Å². The van der Waals surface area contributed by atoms with Crippen LogP contribution in [0.1, 0.15) is 10.4 Å². The van der Waals surface area contributed by atoms with Crippen LogP contribution in [0.5, 0.6) is 5.75 Å². The zero-order valence-corrected chi connectivity index (χ0v) is 22.9. The maximum Gasteiger partial charge on any atom is 1.00 e. The Morgan fingerprint density at radius 1 is 0.879 bits per heavy atom. The third-order valence-corrected chi connectivity index (χ3v) is 6.15. The van der Waals surface area contributed by atoms with Gasteiger partial charge >= 0.3 is 59.1 Å². The van der Waals surface area contributed by atoms with Crippen LogP contribution in [0, 0.1) is 0 Å². The molecule has 0 fully saturated rings. The van der Waals surface area contributed by atoms with E-state index < -0.39 is 27.4 Å². The predicted molar refractivity (Wildman–Crippen MR) is 110 cm³/mol. The number of benzene rings is 4. The van der Waals surface area contributed by atoms with Gasteiger partial charge in [-0.25, -0.2) is 0 Å². The number of carbonyl (C=O) groups is 1. The smallest absolute Gasteiger partial charge is 0.871 e. The molecular formula is C22H14N2Na2O6S. The number of carboxylic acid groups (broad SMARTS) is 1. The quantitative estimate of drug-likeness (QED) is 0.172. The number of fused-ring (bicyclic) bond motifs is 2. The Morgan fingerprint density at radius 3 is 2.12 bits per heavy atom. The zero-order valence-electron chi connectivity index (χ0n) is 18.1. The molecule has 0 atom stereocenters. The van der Waals surface area contributed by atoms with Crippen molar-refractivity contribution in [3.8, 4) is 5.75 Å². The summed E-state index contributed by atoms with van der Waals surface area (Å²) in [6.07, 6.45) is 0. The van der Waals surface area contributed by atoms with E-state index in [1.807, 2.05) is 0 Å². The van der Waals surface area contributed by atoms with Gasteiger partial charge in [-0.05, 0) is 28.5 Å². The van der Waals surface area contributed by atoms with Crippen LogP contribution in [0.2, 0.25) is 0 Å². The van der Waals surface area contributed by atoms with E-state index in [1.165, 1.54) is 12.1 Å². The first-order valence-electron chi connectivity index (χ1n) is 9.01. The molecule has 0 spiro atoms. The van der Waals surface area contributed by atoms with E-state index >= 15 is 0 Å². The molecule has 4 rings (SSSR count). The fraction of sp³-hybridized carbons (Fsp3) is 0.0455. The first kappa shape index (κ1) is 27.4. The second-order valence-corrected chi connectivity index (χ2v) is 8.22. The van der Waals surface area contributed by atoms with Gasteiger partial charge in [0.2, 0.25) is 0 Å². The molecule has 0 bridgehead atoms. The summed E-state index contributed by atoms with van der Waals surface area (Å²) in [7, 11) is -3.14. The number of hydrogen-bond donors (Lipinski definition) is 0. The van der Waals surface area contributed by atoms with Gasteiger partial charge in [0.05, 0.1) is 18.8 Å². The van der Waals surface area contributed by atoms with Gasteiger partial charge < -0.3 is 15.0 Å². The van der Waals surface area contributed by atoms with Crippen LogP contribution < -0.4 is 69.3 Å². The normalized spacial score (nSPS) is 11.3. The Bertz CT molecular complexity index is 1490. The number of rotatable bonds is 5. The number of hydrogen-bond acceptors (Lipinski definition) is 8. The molecule has 0 aliphatic carbocycles. The Morgan fingerprint density at radius 2 is 1.48 bits per heavy atom. The van der Waals surface area contributed by atoms with Crippen molar-refractivity contribution in [1.29, 1.82) is 0 Å². The standard InChI is InChI=1S/C22H16N2O6S.2Na/c1-30-31(28,29)21-16-9-5-2-6-13(16)10-11-18(21)23-24-19-15-8-4-3-7-14(15)12-17(20(19)25)22(26)27;;/h2-12,25H,1H3,(H,26,27);;/q;2*+1/p-2. The second-order valence-electron chi connectivity index (χ2n) is 6.57. The molecule has 0 N–H and O–H groups in total. The zero-order chi connectivity index (χ0) is 22.2. The van der Waals surface area contributed by atoms with Crippen molar-refractivity contribution < 1.29 is 86.7 Å². The van der Waals surface area contributed by atoms with Crippen LogP contribution in [0.15, 0.2) is 81.9 Å². The molecule has 0 aromatic heterocycles. The topological polar surface area (TPSA) is 131 Å².